The largest absolute Gasteiger partial charge is 0.350 e. The van der Waals surface area contributed by atoms with Gasteiger partial charge in [0.2, 0.25) is 5.91 Å². The van der Waals surface area contributed by atoms with Crippen LogP contribution < -0.4 is 11.1 Å². The second-order valence-corrected chi connectivity index (χ2v) is 5.44. The zero-order chi connectivity index (χ0) is 13.1. The molecule has 0 unspecified atom stereocenters. The van der Waals surface area contributed by atoms with Crippen LogP contribution in [0, 0.1) is 0 Å². The van der Waals surface area contributed by atoms with Crippen LogP contribution in [0.4, 0.5) is 0 Å². The summed E-state index contributed by atoms with van der Waals surface area (Å²) >= 11 is 5.81. The first kappa shape index (κ1) is 14.0. The predicted octanol–water partition coefficient (Wildman–Crippen LogP) is 2.64. The Hall–Kier alpha value is -1.06. The van der Waals surface area contributed by atoms with Crippen LogP contribution in [0.1, 0.15) is 38.8 Å². The monoisotopic (exact) mass is 254 g/mol. The fourth-order valence-electron chi connectivity index (χ4n) is 1.54. The number of hydrogen-bond acceptors (Lipinski definition) is 2. The highest BCUT2D eigenvalue weighted by Crippen LogP contribution is 2.16. The number of nitrogens with two attached hydrogens (primary N) is 1. The van der Waals surface area contributed by atoms with Crippen LogP contribution in [-0.2, 0) is 4.79 Å². The number of carbonyl (C=O) groups excluding carboxylic acids is 1. The van der Waals surface area contributed by atoms with E-state index in [0.29, 0.717) is 11.4 Å². The van der Waals surface area contributed by atoms with Gasteiger partial charge in [0.15, 0.2) is 0 Å². The molecule has 0 radical (unpaired) electrons. The number of hydrogen-bond donors (Lipinski definition) is 2. The summed E-state index contributed by atoms with van der Waals surface area (Å²) in [7, 11) is 0. The van der Waals surface area contributed by atoms with E-state index in [1.807, 2.05) is 45.0 Å². The zero-order valence-electron chi connectivity index (χ0n) is 10.5. The maximum atomic E-state index is 11.7. The topological polar surface area (TPSA) is 55.1 Å². The van der Waals surface area contributed by atoms with E-state index in [-0.39, 0.29) is 11.9 Å². The van der Waals surface area contributed by atoms with Crippen LogP contribution in [0.3, 0.4) is 0 Å². The van der Waals surface area contributed by atoms with Gasteiger partial charge in [-0.25, -0.2) is 0 Å². The normalized spacial score (nSPS) is 13.2. The summed E-state index contributed by atoms with van der Waals surface area (Å²) in [5, 5.41) is 3.60. The lowest BCUT2D eigenvalue weighted by atomic mass is 10.0. The smallest absolute Gasteiger partial charge is 0.222 e. The quantitative estimate of drug-likeness (QED) is 0.868. The van der Waals surface area contributed by atoms with Gasteiger partial charge in [-0.3, -0.25) is 4.79 Å². The Labute approximate surface area is 107 Å². The van der Waals surface area contributed by atoms with Crippen molar-refractivity contribution in [3.8, 4) is 0 Å². The van der Waals surface area contributed by atoms with Crippen LogP contribution in [-0.4, -0.2) is 11.4 Å². The van der Waals surface area contributed by atoms with Gasteiger partial charge in [-0.15, -0.1) is 0 Å². The van der Waals surface area contributed by atoms with E-state index >= 15 is 0 Å². The first-order valence-electron chi connectivity index (χ1n) is 5.61. The van der Waals surface area contributed by atoms with Crippen LogP contribution in [0.25, 0.3) is 0 Å². The molecule has 0 aliphatic rings. The van der Waals surface area contributed by atoms with E-state index in [2.05, 4.69) is 5.32 Å². The molecule has 1 amide bonds. The van der Waals surface area contributed by atoms with Gasteiger partial charge in [0, 0.05) is 17.0 Å². The molecule has 0 aromatic heterocycles. The molecule has 1 aromatic rings. The van der Waals surface area contributed by atoms with Gasteiger partial charge >= 0.3 is 0 Å². The van der Waals surface area contributed by atoms with Crippen LogP contribution in [0.5, 0.6) is 0 Å². The first-order valence-corrected chi connectivity index (χ1v) is 5.99. The third kappa shape index (κ3) is 5.20. The Balaban J connectivity index is 2.57. The van der Waals surface area contributed by atoms with Gasteiger partial charge in [-0.1, -0.05) is 23.7 Å². The molecule has 0 heterocycles. The van der Waals surface area contributed by atoms with E-state index in [1.165, 1.54) is 0 Å². The van der Waals surface area contributed by atoms with Gasteiger partial charge < -0.3 is 11.1 Å². The van der Waals surface area contributed by atoms with Crippen molar-refractivity contribution in [1.29, 1.82) is 0 Å². The van der Waals surface area contributed by atoms with Crippen molar-refractivity contribution < 1.29 is 4.79 Å². The van der Waals surface area contributed by atoms with Gasteiger partial charge in [0.1, 0.15) is 0 Å². The summed E-state index contributed by atoms with van der Waals surface area (Å²) in [6.45, 7) is 5.60. The maximum Gasteiger partial charge on any atom is 0.222 e. The molecule has 1 aromatic carbocycles. The lowest BCUT2D eigenvalue weighted by Crippen LogP contribution is -2.39. The molecule has 3 nitrogen and oxygen atoms in total. The average molecular weight is 255 g/mol. The molecule has 0 aliphatic carbocycles. The Morgan fingerprint density at radius 1 is 1.41 bits per heavy atom. The third-order valence-corrected chi connectivity index (χ3v) is 2.62. The second-order valence-electron chi connectivity index (χ2n) is 5.01. The molecule has 0 fully saturated rings. The molecule has 4 heteroatoms. The van der Waals surface area contributed by atoms with Gasteiger partial charge in [0.25, 0.3) is 0 Å². The Morgan fingerprint density at radius 2 is 1.94 bits per heavy atom. The second kappa shape index (κ2) is 5.52. The molecule has 1 atom stereocenters. The molecule has 0 aliphatic heterocycles. The standard InChI is InChI=1S/C13H19ClN2O/c1-9(10-4-6-11(14)7-5-10)16-12(17)8-13(2,3)15/h4-7,9H,8,15H2,1-3H3,(H,16,17)/t9-/m1/s1. The lowest BCUT2D eigenvalue weighted by molar-refractivity contribution is -0.122. The Morgan fingerprint density at radius 3 is 2.41 bits per heavy atom. The minimum absolute atomic E-state index is 0.0397. The summed E-state index contributed by atoms with van der Waals surface area (Å²) in [5.74, 6) is -0.0417. The predicted molar refractivity (Wildman–Crippen MR) is 70.9 cm³/mol. The molecule has 17 heavy (non-hydrogen) atoms. The Bertz CT molecular complexity index is 381. The molecule has 3 N–H and O–H groups in total. The third-order valence-electron chi connectivity index (χ3n) is 2.36. The van der Waals surface area contributed by atoms with E-state index in [4.69, 9.17) is 17.3 Å². The van der Waals surface area contributed by atoms with Crippen molar-refractivity contribution >= 4 is 17.5 Å². The average Bonchev–Trinajstić information content (AvgIpc) is 2.15. The van der Waals surface area contributed by atoms with Crippen LogP contribution >= 0.6 is 11.6 Å². The molecule has 0 saturated carbocycles. The minimum Gasteiger partial charge on any atom is -0.350 e. The molecule has 1 rings (SSSR count). The minimum atomic E-state index is -0.482. The van der Waals surface area contributed by atoms with E-state index in [1.54, 1.807) is 0 Å². The van der Waals surface area contributed by atoms with E-state index in [0.717, 1.165) is 5.56 Å². The molecular weight excluding hydrogens is 236 g/mol. The molecule has 0 bridgehead atoms. The van der Waals surface area contributed by atoms with Crippen molar-refractivity contribution in [2.24, 2.45) is 5.73 Å². The number of halogens is 1. The molecule has 0 spiro atoms. The first-order chi connectivity index (χ1) is 7.78. The van der Waals surface area contributed by atoms with Crippen molar-refractivity contribution in [2.45, 2.75) is 38.8 Å². The van der Waals surface area contributed by atoms with Crippen molar-refractivity contribution in [1.82, 2.24) is 5.32 Å². The van der Waals surface area contributed by atoms with E-state index < -0.39 is 5.54 Å². The summed E-state index contributed by atoms with van der Waals surface area (Å²) in [4.78, 5) is 11.7. The fourth-order valence-corrected chi connectivity index (χ4v) is 1.67. The van der Waals surface area contributed by atoms with Crippen molar-refractivity contribution in [3.63, 3.8) is 0 Å². The van der Waals surface area contributed by atoms with Crippen molar-refractivity contribution in [3.05, 3.63) is 34.9 Å². The Kier molecular flexibility index (Phi) is 4.54. The lowest BCUT2D eigenvalue weighted by Gasteiger charge is -2.20. The number of benzene rings is 1. The van der Waals surface area contributed by atoms with Gasteiger partial charge in [0.05, 0.1) is 6.04 Å². The van der Waals surface area contributed by atoms with Gasteiger partial charge in [-0.2, -0.15) is 0 Å². The maximum absolute atomic E-state index is 11.7. The highest BCUT2D eigenvalue weighted by atomic mass is 35.5. The van der Waals surface area contributed by atoms with Crippen LogP contribution in [0.2, 0.25) is 5.02 Å². The summed E-state index contributed by atoms with van der Waals surface area (Å²) in [6.07, 6.45) is 0.310. The summed E-state index contributed by atoms with van der Waals surface area (Å²) in [5.41, 5.74) is 6.34. The zero-order valence-corrected chi connectivity index (χ0v) is 11.2. The molecule has 94 valence electrons. The van der Waals surface area contributed by atoms with Crippen LogP contribution in [0.15, 0.2) is 24.3 Å². The summed E-state index contributed by atoms with van der Waals surface area (Å²) in [6, 6.07) is 7.39. The molecule has 0 saturated heterocycles. The fraction of sp³-hybridized carbons (Fsp3) is 0.462. The number of amides is 1. The highest BCUT2D eigenvalue weighted by molar-refractivity contribution is 6.30. The highest BCUT2D eigenvalue weighted by Gasteiger charge is 2.18. The number of rotatable bonds is 4. The number of nitrogens with one attached hydrogen (secondary N) is 1. The van der Waals surface area contributed by atoms with Gasteiger partial charge in [-0.05, 0) is 38.5 Å². The molecular formula is C13H19ClN2O. The van der Waals surface area contributed by atoms with E-state index in [9.17, 15) is 4.79 Å². The number of carbonyl (C=O) groups is 1. The van der Waals surface area contributed by atoms with Crippen molar-refractivity contribution in [2.75, 3.05) is 0 Å². The summed E-state index contributed by atoms with van der Waals surface area (Å²) < 4.78 is 0. The SMILES string of the molecule is C[C@@H](NC(=O)CC(C)(C)N)c1ccc(Cl)cc1.